The molecule has 0 atom stereocenters. The van der Waals surface area contributed by atoms with Crippen LogP contribution < -0.4 is 11.0 Å². The van der Waals surface area contributed by atoms with Gasteiger partial charge in [-0.25, -0.2) is 17.9 Å². The Balaban J connectivity index is 1.27. The predicted molar refractivity (Wildman–Crippen MR) is 137 cm³/mol. The van der Waals surface area contributed by atoms with Crippen LogP contribution >= 0.6 is 0 Å². The van der Waals surface area contributed by atoms with Crippen molar-refractivity contribution in [2.45, 2.75) is 17.2 Å². The summed E-state index contributed by atoms with van der Waals surface area (Å²) >= 11 is 0. The van der Waals surface area contributed by atoms with Crippen molar-refractivity contribution in [3.05, 3.63) is 130 Å². The van der Waals surface area contributed by atoms with E-state index >= 15 is 0 Å². The molecule has 0 saturated carbocycles. The summed E-state index contributed by atoms with van der Waals surface area (Å²) in [6, 6.07) is 27.3. The van der Waals surface area contributed by atoms with Crippen molar-refractivity contribution in [1.82, 2.24) is 14.2 Å². The second-order valence-corrected chi connectivity index (χ2v) is 10.3. The Bertz CT molecular complexity index is 1710. The zero-order valence-corrected chi connectivity index (χ0v) is 19.9. The number of sulfone groups is 1. The topological polar surface area (TPSA) is 103 Å². The smallest absolute Gasteiger partial charge is 0.322 e. The van der Waals surface area contributed by atoms with Crippen LogP contribution in [-0.2, 0) is 22.1 Å². The molecule has 5 rings (SSSR count). The highest BCUT2D eigenvalue weighted by Gasteiger charge is 2.15. The molecule has 2 aromatic heterocycles. The number of pyridine rings is 1. The maximum Gasteiger partial charge on any atom is 0.350 e. The number of carbonyl (C=O) groups excluding carboxylic acids is 1. The second-order valence-electron chi connectivity index (χ2n) is 8.29. The number of anilines is 1. The molecule has 9 heteroatoms. The van der Waals surface area contributed by atoms with E-state index in [0.29, 0.717) is 22.5 Å². The van der Waals surface area contributed by atoms with Crippen LogP contribution in [0.5, 0.6) is 0 Å². The molecule has 1 N–H and O–H groups in total. The summed E-state index contributed by atoms with van der Waals surface area (Å²) in [4.78, 5) is 25.6. The van der Waals surface area contributed by atoms with E-state index in [4.69, 9.17) is 0 Å². The molecule has 0 aliphatic rings. The lowest BCUT2D eigenvalue weighted by molar-refractivity contribution is 0.102. The predicted octanol–water partition coefficient (Wildman–Crippen LogP) is 3.77. The van der Waals surface area contributed by atoms with Crippen LogP contribution in [-0.4, -0.2) is 28.5 Å². The van der Waals surface area contributed by atoms with Gasteiger partial charge in [0.25, 0.3) is 5.91 Å². The molecular weight excluding hydrogens is 476 g/mol. The van der Waals surface area contributed by atoms with Gasteiger partial charge in [-0.3, -0.25) is 9.20 Å². The number of aromatic nitrogens is 3. The average Bonchev–Trinajstić information content (AvgIpc) is 3.20. The molecular formula is C27H22N4O4S. The Labute approximate surface area is 207 Å². The molecule has 5 aromatic rings. The minimum absolute atomic E-state index is 0.149. The Kier molecular flexibility index (Phi) is 6.22. The van der Waals surface area contributed by atoms with Crippen molar-refractivity contribution < 1.29 is 13.2 Å². The fourth-order valence-electron chi connectivity index (χ4n) is 3.88. The number of hydrogen-bond acceptors (Lipinski definition) is 5. The number of nitrogens with zero attached hydrogens (tertiary/aromatic N) is 3. The van der Waals surface area contributed by atoms with Gasteiger partial charge >= 0.3 is 5.69 Å². The normalized spacial score (nSPS) is 11.4. The van der Waals surface area contributed by atoms with Crippen LogP contribution in [0.3, 0.4) is 0 Å². The third-order valence-corrected chi connectivity index (χ3v) is 7.38. The summed E-state index contributed by atoms with van der Waals surface area (Å²) in [6.07, 6.45) is 1.67. The first-order chi connectivity index (χ1) is 17.4. The van der Waals surface area contributed by atoms with Crippen molar-refractivity contribution in [2.75, 3.05) is 5.32 Å². The van der Waals surface area contributed by atoms with E-state index in [1.54, 1.807) is 91.1 Å². The van der Waals surface area contributed by atoms with Crippen molar-refractivity contribution >= 4 is 27.1 Å². The Morgan fingerprint density at radius 1 is 0.833 bits per heavy atom. The lowest BCUT2D eigenvalue weighted by atomic mass is 10.1. The van der Waals surface area contributed by atoms with E-state index in [-0.39, 0.29) is 28.8 Å². The monoisotopic (exact) mass is 498 g/mol. The van der Waals surface area contributed by atoms with Crippen molar-refractivity contribution in [3.63, 3.8) is 0 Å². The number of rotatable bonds is 7. The van der Waals surface area contributed by atoms with E-state index in [9.17, 15) is 18.0 Å². The number of carbonyl (C=O) groups is 1. The van der Waals surface area contributed by atoms with Gasteiger partial charge in [-0.1, -0.05) is 48.5 Å². The van der Waals surface area contributed by atoms with E-state index in [2.05, 4.69) is 10.4 Å². The first-order valence-corrected chi connectivity index (χ1v) is 12.9. The van der Waals surface area contributed by atoms with Crippen LogP contribution in [0.4, 0.5) is 5.69 Å². The van der Waals surface area contributed by atoms with Crippen LogP contribution in [0.1, 0.15) is 21.5 Å². The summed E-state index contributed by atoms with van der Waals surface area (Å²) in [5.41, 5.74) is 2.69. The molecule has 0 radical (unpaired) electrons. The fourth-order valence-corrected chi connectivity index (χ4v) is 5.25. The lowest BCUT2D eigenvalue weighted by Crippen LogP contribution is -2.21. The number of fused-ring (bicyclic) bond motifs is 1. The van der Waals surface area contributed by atoms with Crippen LogP contribution in [0.25, 0.3) is 5.65 Å². The molecule has 2 heterocycles. The molecule has 8 nitrogen and oxygen atoms in total. The second kappa shape index (κ2) is 9.63. The van der Waals surface area contributed by atoms with Gasteiger partial charge in [0.2, 0.25) is 0 Å². The number of amides is 1. The summed E-state index contributed by atoms with van der Waals surface area (Å²) < 4.78 is 28.0. The summed E-state index contributed by atoms with van der Waals surface area (Å²) in [6.45, 7) is 0.259. The number of nitrogens with one attached hydrogen (secondary N) is 1. The average molecular weight is 499 g/mol. The molecule has 1 amide bonds. The van der Waals surface area contributed by atoms with Gasteiger partial charge in [0.05, 0.1) is 17.2 Å². The summed E-state index contributed by atoms with van der Waals surface area (Å²) in [5.74, 6) is -0.474. The van der Waals surface area contributed by atoms with E-state index < -0.39 is 9.84 Å². The third-order valence-electron chi connectivity index (χ3n) is 5.68. The third kappa shape index (κ3) is 4.96. The number of benzene rings is 3. The Hall–Kier alpha value is -4.50. The fraction of sp³-hybridized carbons (Fsp3) is 0.0741. The first kappa shape index (κ1) is 23.3. The quantitative estimate of drug-likeness (QED) is 0.368. The highest BCUT2D eigenvalue weighted by Crippen LogP contribution is 2.18. The summed E-state index contributed by atoms with van der Waals surface area (Å²) in [5, 5.41) is 7.18. The molecule has 0 fully saturated rings. The maximum atomic E-state index is 12.8. The molecule has 36 heavy (non-hydrogen) atoms. The van der Waals surface area contributed by atoms with Crippen LogP contribution in [0.2, 0.25) is 0 Å². The SMILES string of the molecule is O=C(Nc1cccc(Cn2nc3ccccn3c2=O)c1)c1ccc(CS(=O)(=O)c2ccccc2)cc1. The van der Waals surface area contributed by atoms with Gasteiger partial charge in [0, 0.05) is 17.4 Å². The first-order valence-electron chi connectivity index (χ1n) is 11.2. The van der Waals surface area contributed by atoms with Gasteiger partial charge < -0.3 is 5.32 Å². The Morgan fingerprint density at radius 3 is 2.33 bits per heavy atom. The number of hydrogen-bond donors (Lipinski definition) is 1. The molecule has 3 aromatic carbocycles. The zero-order chi connectivity index (χ0) is 25.1. The summed E-state index contributed by atoms with van der Waals surface area (Å²) in [7, 11) is -3.47. The molecule has 0 spiro atoms. The van der Waals surface area contributed by atoms with Crippen LogP contribution in [0, 0.1) is 0 Å². The maximum absolute atomic E-state index is 12.8. The highest BCUT2D eigenvalue weighted by molar-refractivity contribution is 7.90. The minimum atomic E-state index is -3.47. The van der Waals surface area contributed by atoms with Gasteiger partial charge in [-0.15, -0.1) is 5.10 Å². The van der Waals surface area contributed by atoms with E-state index in [1.807, 2.05) is 12.1 Å². The highest BCUT2D eigenvalue weighted by atomic mass is 32.2. The largest absolute Gasteiger partial charge is 0.350 e. The van der Waals surface area contributed by atoms with Gasteiger partial charge in [-0.2, -0.15) is 0 Å². The zero-order valence-electron chi connectivity index (χ0n) is 19.1. The van der Waals surface area contributed by atoms with Crippen molar-refractivity contribution in [1.29, 1.82) is 0 Å². The van der Waals surface area contributed by atoms with Crippen LogP contribution in [0.15, 0.2) is 113 Å². The van der Waals surface area contributed by atoms with E-state index in [0.717, 1.165) is 5.56 Å². The van der Waals surface area contributed by atoms with Gasteiger partial charge in [0.15, 0.2) is 15.5 Å². The lowest BCUT2D eigenvalue weighted by Gasteiger charge is -2.09. The Morgan fingerprint density at radius 2 is 1.58 bits per heavy atom. The van der Waals surface area contributed by atoms with Gasteiger partial charge in [0.1, 0.15) is 0 Å². The molecule has 0 saturated heterocycles. The molecule has 0 aliphatic carbocycles. The van der Waals surface area contributed by atoms with Crippen molar-refractivity contribution in [2.24, 2.45) is 0 Å². The standard InChI is InChI=1S/C27H22N4O4S/c32-26(22-14-12-20(13-15-22)19-36(34,35)24-9-2-1-3-10-24)28-23-8-6-7-21(17-23)18-31-27(33)30-16-5-4-11-25(30)29-31/h1-17H,18-19H2,(H,28,32). The minimum Gasteiger partial charge on any atom is -0.322 e. The molecule has 0 bridgehead atoms. The van der Waals surface area contributed by atoms with E-state index in [1.165, 1.54) is 9.08 Å². The molecule has 0 aliphatic heterocycles. The molecule has 0 unspecified atom stereocenters. The molecule has 180 valence electrons. The van der Waals surface area contributed by atoms with Crippen molar-refractivity contribution in [3.8, 4) is 0 Å². The van der Waals surface area contributed by atoms with Gasteiger partial charge in [-0.05, 0) is 59.7 Å².